The number of hydrogen-bond donors (Lipinski definition) is 2. The molecule has 98 valence electrons. The number of hydrogen-bond acceptors (Lipinski definition) is 4. The van der Waals surface area contributed by atoms with E-state index < -0.39 is 0 Å². The summed E-state index contributed by atoms with van der Waals surface area (Å²) < 4.78 is 0. The van der Waals surface area contributed by atoms with Crippen LogP contribution in [0.25, 0.3) is 0 Å². The molecule has 0 aromatic carbocycles. The zero-order valence-electron chi connectivity index (χ0n) is 10.4. The van der Waals surface area contributed by atoms with Gasteiger partial charge < -0.3 is 15.8 Å². The molecule has 5 nitrogen and oxygen atoms in total. The van der Waals surface area contributed by atoms with Crippen LogP contribution in [0.3, 0.4) is 0 Å². The van der Waals surface area contributed by atoms with Gasteiger partial charge in [0.15, 0.2) is 0 Å². The van der Waals surface area contributed by atoms with Gasteiger partial charge in [0.2, 0.25) is 5.91 Å². The van der Waals surface area contributed by atoms with Crippen LogP contribution in [-0.2, 0) is 4.79 Å². The lowest BCUT2D eigenvalue weighted by Crippen LogP contribution is -2.43. The number of rotatable bonds is 5. The summed E-state index contributed by atoms with van der Waals surface area (Å²) >= 11 is 1.73. The van der Waals surface area contributed by atoms with Crippen molar-refractivity contribution in [3.63, 3.8) is 0 Å². The monoisotopic (exact) mass is 259 g/mol. The molecule has 1 rings (SSSR count). The van der Waals surface area contributed by atoms with Gasteiger partial charge in [0, 0.05) is 19.0 Å². The van der Waals surface area contributed by atoms with Gasteiger partial charge in [0.1, 0.15) is 5.84 Å². The molecule has 1 aliphatic rings. The van der Waals surface area contributed by atoms with E-state index in [2.05, 4.69) is 5.16 Å². The Balaban J connectivity index is 2.55. The molecule has 1 unspecified atom stereocenters. The average molecular weight is 259 g/mol. The Kier molecular flexibility index (Phi) is 5.61. The van der Waals surface area contributed by atoms with Crippen LogP contribution >= 0.6 is 11.8 Å². The fourth-order valence-corrected chi connectivity index (χ4v) is 3.09. The molecule has 0 bridgehead atoms. The molecule has 1 aliphatic heterocycles. The van der Waals surface area contributed by atoms with E-state index in [0.29, 0.717) is 13.0 Å². The third-order valence-electron chi connectivity index (χ3n) is 2.85. The third kappa shape index (κ3) is 4.11. The van der Waals surface area contributed by atoms with Crippen LogP contribution < -0.4 is 5.73 Å². The predicted octanol–water partition coefficient (Wildman–Crippen LogP) is 1.26. The number of carbonyl (C=O) groups is 1. The summed E-state index contributed by atoms with van der Waals surface area (Å²) in [5, 5.41) is 11.5. The summed E-state index contributed by atoms with van der Waals surface area (Å²) in [6.45, 7) is 4.50. The molecule has 6 heteroatoms. The van der Waals surface area contributed by atoms with Crippen LogP contribution in [0.4, 0.5) is 0 Å². The first kappa shape index (κ1) is 14.2. The van der Waals surface area contributed by atoms with Crippen molar-refractivity contribution < 1.29 is 10.0 Å². The molecule has 1 atom stereocenters. The summed E-state index contributed by atoms with van der Waals surface area (Å²) in [6, 6.07) is 0.148. The highest BCUT2D eigenvalue weighted by atomic mass is 32.2. The minimum Gasteiger partial charge on any atom is -0.409 e. The topological polar surface area (TPSA) is 78.9 Å². The van der Waals surface area contributed by atoms with Gasteiger partial charge in [-0.15, -0.1) is 11.8 Å². The maximum atomic E-state index is 12.2. The first-order valence-electron chi connectivity index (χ1n) is 5.94. The molecule has 0 spiro atoms. The predicted molar refractivity (Wildman–Crippen MR) is 70.4 cm³/mol. The van der Waals surface area contributed by atoms with Crippen LogP contribution in [0, 0.1) is 0 Å². The van der Waals surface area contributed by atoms with E-state index in [1.54, 1.807) is 11.8 Å². The molecule has 0 aliphatic carbocycles. The summed E-state index contributed by atoms with van der Waals surface area (Å²) in [4.78, 5) is 14.1. The Morgan fingerprint density at radius 1 is 1.65 bits per heavy atom. The van der Waals surface area contributed by atoms with Crippen molar-refractivity contribution in [3.05, 3.63) is 0 Å². The molecule has 0 aromatic rings. The van der Waals surface area contributed by atoms with Crippen LogP contribution in [0.2, 0.25) is 0 Å². The Morgan fingerprint density at radius 3 is 2.82 bits per heavy atom. The highest BCUT2D eigenvalue weighted by Crippen LogP contribution is 2.28. The van der Waals surface area contributed by atoms with E-state index in [1.807, 2.05) is 18.7 Å². The summed E-state index contributed by atoms with van der Waals surface area (Å²) in [7, 11) is 0. The van der Waals surface area contributed by atoms with Gasteiger partial charge in [0.05, 0.1) is 5.25 Å². The molecule has 1 amide bonds. The number of amidine groups is 1. The Hall–Kier alpha value is -0.910. The van der Waals surface area contributed by atoms with Crippen molar-refractivity contribution in [1.82, 2.24) is 4.90 Å². The highest BCUT2D eigenvalue weighted by molar-refractivity contribution is 8.00. The van der Waals surface area contributed by atoms with Gasteiger partial charge in [-0.25, -0.2) is 0 Å². The SMILES string of the molecule is CC(C)N(CCC(N)=NO)C(=O)C1CCCS1. The van der Waals surface area contributed by atoms with Gasteiger partial charge in [-0.2, -0.15) is 0 Å². The van der Waals surface area contributed by atoms with Gasteiger partial charge in [-0.3, -0.25) is 4.79 Å². The second-order valence-corrected chi connectivity index (χ2v) is 5.78. The number of amides is 1. The van der Waals surface area contributed by atoms with Gasteiger partial charge in [-0.05, 0) is 32.4 Å². The molecule has 0 saturated carbocycles. The average Bonchev–Trinajstić information content (AvgIpc) is 2.81. The van der Waals surface area contributed by atoms with Crippen molar-refractivity contribution in [2.45, 2.75) is 44.4 Å². The number of oxime groups is 1. The summed E-state index contributed by atoms with van der Waals surface area (Å²) in [5.41, 5.74) is 5.43. The maximum Gasteiger partial charge on any atom is 0.235 e. The normalized spacial score (nSPS) is 20.9. The van der Waals surface area contributed by atoms with E-state index in [4.69, 9.17) is 10.9 Å². The minimum atomic E-state index is 0.102. The lowest BCUT2D eigenvalue weighted by atomic mass is 10.2. The maximum absolute atomic E-state index is 12.2. The molecule has 0 radical (unpaired) electrons. The zero-order valence-corrected chi connectivity index (χ0v) is 11.2. The van der Waals surface area contributed by atoms with Crippen LogP contribution in [0.15, 0.2) is 5.16 Å². The number of carbonyl (C=O) groups excluding carboxylic acids is 1. The molecule has 1 heterocycles. The lowest BCUT2D eigenvalue weighted by Gasteiger charge is -2.28. The molecule has 17 heavy (non-hydrogen) atoms. The highest BCUT2D eigenvalue weighted by Gasteiger charge is 2.29. The van der Waals surface area contributed by atoms with Crippen LogP contribution in [-0.4, -0.2) is 45.4 Å². The van der Waals surface area contributed by atoms with Gasteiger partial charge in [0.25, 0.3) is 0 Å². The number of nitrogens with two attached hydrogens (primary N) is 1. The molecular weight excluding hydrogens is 238 g/mol. The van der Waals surface area contributed by atoms with E-state index in [-0.39, 0.29) is 23.0 Å². The lowest BCUT2D eigenvalue weighted by molar-refractivity contribution is -0.132. The Bertz CT molecular complexity index is 288. The molecule has 1 saturated heterocycles. The van der Waals surface area contributed by atoms with Crippen molar-refractivity contribution >= 4 is 23.5 Å². The fraction of sp³-hybridized carbons (Fsp3) is 0.818. The quantitative estimate of drug-likeness (QED) is 0.337. The van der Waals surface area contributed by atoms with E-state index in [0.717, 1.165) is 18.6 Å². The van der Waals surface area contributed by atoms with E-state index in [1.165, 1.54) is 0 Å². The van der Waals surface area contributed by atoms with Crippen LogP contribution in [0.5, 0.6) is 0 Å². The van der Waals surface area contributed by atoms with E-state index >= 15 is 0 Å². The number of thioether (sulfide) groups is 1. The first-order valence-corrected chi connectivity index (χ1v) is 6.99. The largest absolute Gasteiger partial charge is 0.409 e. The smallest absolute Gasteiger partial charge is 0.235 e. The van der Waals surface area contributed by atoms with Crippen molar-refractivity contribution in [2.24, 2.45) is 10.9 Å². The third-order valence-corrected chi connectivity index (χ3v) is 4.21. The zero-order chi connectivity index (χ0) is 12.8. The second kappa shape index (κ2) is 6.74. The summed E-state index contributed by atoms with van der Waals surface area (Å²) in [6.07, 6.45) is 2.50. The molecule has 1 fully saturated rings. The first-order chi connectivity index (χ1) is 8.06. The summed E-state index contributed by atoms with van der Waals surface area (Å²) in [5.74, 6) is 1.43. The van der Waals surface area contributed by atoms with E-state index in [9.17, 15) is 4.79 Å². The van der Waals surface area contributed by atoms with Crippen molar-refractivity contribution in [3.8, 4) is 0 Å². The molecule has 0 aromatic heterocycles. The minimum absolute atomic E-state index is 0.102. The van der Waals surface area contributed by atoms with Crippen molar-refractivity contribution in [1.29, 1.82) is 0 Å². The Morgan fingerprint density at radius 2 is 2.35 bits per heavy atom. The number of nitrogens with zero attached hydrogens (tertiary/aromatic N) is 2. The Labute approximate surface area is 106 Å². The van der Waals surface area contributed by atoms with Crippen molar-refractivity contribution in [2.75, 3.05) is 12.3 Å². The van der Waals surface area contributed by atoms with Gasteiger partial charge in [-0.1, -0.05) is 5.16 Å². The fourth-order valence-electron chi connectivity index (χ4n) is 1.87. The standard InChI is InChI=1S/C11H21N3O2S/c1-8(2)14(6-5-10(12)13-16)11(15)9-4-3-7-17-9/h8-9,16H,3-7H2,1-2H3,(H2,12,13). The van der Waals surface area contributed by atoms with Crippen LogP contribution in [0.1, 0.15) is 33.1 Å². The molecular formula is C11H21N3O2S. The molecule has 3 N–H and O–H groups in total. The van der Waals surface area contributed by atoms with Gasteiger partial charge >= 0.3 is 0 Å². The second-order valence-electron chi connectivity index (χ2n) is 4.47.